The van der Waals surface area contributed by atoms with Gasteiger partial charge >= 0.3 is 5.97 Å². The average molecular weight is 268 g/mol. The van der Waals surface area contributed by atoms with Crippen molar-refractivity contribution in [2.45, 2.75) is 45.6 Å². The molecule has 1 saturated carbocycles. The summed E-state index contributed by atoms with van der Waals surface area (Å²) in [5.74, 6) is -0.738. The van der Waals surface area contributed by atoms with Crippen LogP contribution in [0, 0.1) is 5.41 Å². The van der Waals surface area contributed by atoms with Gasteiger partial charge in [0.15, 0.2) is 0 Å². The number of carboxylic acids is 1. The Morgan fingerprint density at radius 1 is 1.11 bits per heavy atom. The number of aliphatic carboxylic acids is 1. The molecule has 0 aromatic carbocycles. The minimum absolute atomic E-state index is 0.0424. The van der Waals surface area contributed by atoms with Gasteiger partial charge in [-0.1, -0.05) is 13.8 Å². The van der Waals surface area contributed by atoms with Crippen LogP contribution in [0.3, 0.4) is 0 Å². The molecule has 0 aromatic rings. The molecule has 2 aliphatic rings. The molecule has 0 aromatic heterocycles. The lowest BCUT2D eigenvalue weighted by molar-refractivity contribution is -0.141. The molecule has 0 bridgehead atoms. The first-order valence-electron chi connectivity index (χ1n) is 7.11. The zero-order chi connectivity index (χ0) is 14.0. The molecule has 0 spiro atoms. The largest absolute Gasteiger partial charge is 0.481 e. The Balaban J connectivity index is 1.78. The molecule has 0 atom stereocenters. The summed E-state index contributed by atoms with van der Waals surface area (Å²) in [5.41, 5.74) is -0.462. The monoisotopic (exact) mass is 268 g/mol. The molecule has 2 rings (SSSR count). The lowest BCUT2D eigenvalue weighted by Crippen LogP contribution is -2.50. The molecule has 1 saturated heterocycles. The molecule has 2 fully saturated rings. The first-order chi connectivity index (χ1) is 8.87. The van der Waals surface area contributed by atoms with Crippen molar-refractivity contribution in [2.24, 2.45) is 5.41 Å². The number of amides is 1. The topological polar surface area (TPSA) is 60.9 Å². The zero-order valence-electron chi connectivity index (χ0n) is 11.9. The van der Waals surface area contributed by atoms with Crippen molar-refractivity contribution in [3.05, 3.63) is 0 Å². The summed E-state index contributed by atoms with van der Waals surface area (Å²) in [6.45, 7) is 7.21. The third-order valence-corrected chi connectivity index (χ3v) is 3.99. The SMILES string of the molecule is CC(C)(CC(=O)O)CC(=O)N1CCN(C2CC2)CC1. The van der Waals surface area contributed by atoms with E-state index in [1.54, 1.807) is 0 Å². The van der Waals surface area contributed by atoms with E-state index in [4.69, 9.17) is 5.11 Å². The Morgan fingerprint density at radius 2 is 1.68 bits per heavy atom. The van der Waals surface area contributed by atoms with Crippen LogP contribution in [-0.2, 0) is 9.59 Å². The van der Waals surface area contributed by atoms with Crippen LogP contribution in [0.15, 0.2) is 0 Å². The number of rotatable bonds is 5. The molecule has 0 radical (unpaired) electrons. The smallest absolute Gasteiger partial charge is 0.303 e. The zero-order valence-corrected chi connectivity index (χ0v) is 11.9. The van der Waals surface area contributed by atoms with Gasteiger partial charge in [0.05, 0.1) is 6.42 Å². The van der Waals surface area contributed by atoms with E-state index in [1.807, 2.05) is 18.7 Å². The Labute approximate surface area is 114 Å². The molecule has 5 heteroatoms. The van der Waals surface area contributed by atoms with Gasteiger partial charge in [-0.2, -0.15) is 0 Å². The van der Waals surface area contributed by atoms with Gasteiger partial charge in [-0.25, -0.2) is 0 Å². The van der Waals surface area contributed by atoms with E-state index >= 15 is 0 Å². The molecule has 5 nitrogen and oxygen atoms in total. The number of piperazine rings is 1. The molecule has 1 aliphatic carbocycles. The van der Waals surface area contributed by atoms with Gasteiger partial charge in [0.25, 0.3) is 0 Å². The minimum Gasteiger partial charge on any atom is -0.481 e. The second-order valence-electron chi connectivity index (χ2n) is 6.56. The second kappa shape index (κ2) is 5.49. The molecular weight excluding hydrogens is 244 g/mol. The highest BCUT2D eigenvalue weighted by Gasteiger charge is 2.33. The van der Waals surface area contributed by atoms with E-state index in [-0.39, 0.29) is 12.3 Å². The third kappa shape index (κ3) is 4.20. The van der Waals surface area contributed by atoms with Crippen molar-refractivity contribution < 1.29 is 14.7 Å². The van der Waals surface area contributed by atoms with Crippen molar-refractivity contribution in [1.82, 2.24) is 9.80 Å². The molecule has 1 amide bonds. The van der Waals surface area contributed by atoms with Crippen LogP contribution in [0.2, 0.25) is 0 Å². The van der Waals surface area contributed by atoms with Gasteiger partial charge in [-0.3, -0.25) is 14.5 Å². The number of nitrogens with zero attached hydrogens (tertiary/aromatic N) is 2. The predicted molar refractivity (Wildman–Crippen MR) is 71.8 cm³/mol. The van der Waals surface area contributed by atoms with E-state index in [2.05, 4.69) is 4.90 Å². The Morgan fingerprint density at radius 3 is 2.16 bits per heavy atom. The summed E-state index contributed by atoms with van der Waals surface area (Å²) in [6.07, 6.45) is 2.97. The first kappa shape index (κ1) is 14.3. The Kier molecular flexibility index (Phi) is 4.13. The highest BCUT2D eigenvalue weighted by molar-refractivity contribution is 5.78. The number of hydrogen-bond acceptors (Lipinski definition) is 3. The predicted octanol–water partition coefficient (Wildman–Crippen LogP) is 1.18. The summed E-state index contributed by atoms with van der Waals surface area (Å²) in [6, 6.07) is 0.765. The van der Waals surface area contributed by atoms with E-state index in [1.165, 1.54) is 12.8 Å². The van der Waals surface area contributed by atoms with Gasteiger partial charge in [-0.15, -0.1) is 0 Å². The molecule has 108 valence electrons. The highest BCUT2D eigenvalue weighted by Crippen LogP contribution is 2.29. The molecule has 19 heavy (non-hydrogen) atoms. The normalized spacial score (nSPS) is 21.5. The Bertz CT molecular complexity index is 356. The van der Waals surface area contributed by atoms with E-state index in [0.29, 0.717) is 6.42 Å². The maximum Gasteiger partial charge on any atom is 0.303 e. The maximum absolute atomic E-state index is 12.2. The maximum atomic E-state index is 12.2. The summed E-state index contributed by atoms with van der Waals surface area (Å²) < 4.78 is 0. The van der Waals surface area contributed by atoms with Crippen LogP contribution < -0.4 is 0 Å². The van der Waals surface area contributed by atoms with Crippen LogP contribution in [-0.4, -0.2) is 59.0 Å². The van der Waals surface area contributed by atoms with Crippen LogP contribution in [0.5, 0.6) is 0 Å². The van der Waals surface area contributed by atoms with Crippen LogP contribution in [0.4, 0.5) is 0 Å². The lowest BCUT2D eigenvalue weighted by atomic mass is 9.85. The van der Waals surface area contributed by atoms with E-state index in [9.17, 15) is 9.59 Å². The van der Waals surface area contributed by atoms with Gasteiger partial charge in [0.1, 0.15) is 0 Å². The number of carboxylic acid groups (broad SMARTS) is 1. The molecule has 1 aliphatic heterocycles. The van der Waals surface area contributed by atoms with Crippen LogP contribution in [0.25, 0.3) is 0 Å². The standard InChI is InChI=1S/C14H24N2O3/c1-14(2,10-13(18)19)9-12(17)16-7-5-15(6-8-16)11-3-4-11/h11H,3-10H2,1-2H3,(H,18,19). The summed E-state index contributed by atoms with van der Waals surface area (Å²) in [4.78, 5) is 27.3. The van der Waals surface area contributed by atoms with Crippen molar-refractivity contribution in [1.29, 1.82) is 0 Å². The summed E-state index contributed by atoms with van der Waals surface area (Å²) >= 11 is 0. The van der Waals surface area contributed by atoms with Crippen molar-refractivity contribution in [2.75, 3.05) is 26.2 Å². The number of carbonyl (C=O) groups excluding carboxylic acids is 1. The van der Waals surface area contributed by atoms with E-state index < -0.39 is 11.4 Å². The fourth-order valence-corrected chi connectivity index (χ4v) is 2.77. The third-order valence-electron chi connectivity index (χ3n) is 3.99. The minimum atomic E-state index is -0.837. The fraction of sp³-hybridized carbons (Fsp3) is 0.857. The second-order valence-corrected chi connectivity index (χ2v) is 6.56. The quantitative estimate of drug-likeness (QED) is 0.813. The van der Waals surface area contributed by atoms with Crippen molar-refractivity contribution in [3.63, 3.8) is 0 Å². The summed E-state index contributed by atoms with van der Waals surface area (Å²) in [5, 5.41) is 8.84. The van der Waals surface area contributed by atoms with Gasteiger partial charge < -0.3 is 10.0 Å². The van der Waals surface area contributed by atoms with Gasteiger partial charge in [0.2, 0.25) is 5.91 Å². The Hall–Kier alpha value is -1.10. The van der Waals surface area contributed by atoms with Crippen LogP contribution in [0.1, 0.15) is 39.5 Å². The van der Waals surface area contributed by atoms with Crippen molar-refractivity contribution >= 4 is 11.9 Å². The van der Waals surface area contributed by atoms with Crippen molar-refractivity contribution in [3.8, 4) is 0 Å². The average Bonchev–Trinajstić information content (AvgIpc) is 3.10. The lowest BCUT2D eigenvalue weighted by Gasteiger charge is -2.36. The number of hydrogen-bond donors (Lipinski definition) is 1. The first-order valence-corrected chi connectivity index (χ1v) is 7.11. The molecule has 1 heterocycles. The fourth-order valence-electron chi connectivity index (χ4n) is 2.77. The number of carbonyl (C=O) groups is 2. The van der Waals surface area contributed by atoms with E-state index in [0.717, 1.165) is 32.2 Å². The van der Waals surface area contributed by atoms with Gasteiger partial charge in [-0.05, 0) is 18.3 Å². The molecule has 0 unspecified atom stereocenters. The summed E-state index contributed by atoms with van der Waals surface area (Å²) in [7, 11) is 0. The molecule has 1 N–H and O–H groups in total. The highest BCUT2D eigenvalue weighted by atomic mass is 16.4. The van der Waals surface area contributed by atoms with Gasteiger partial charge in [0, 0.05) is 38.6 Å². The molecular formula is C14H24N2O3. The van der Waals surface area contributed by atoms with Crippen LogP contribution >= 0.6 is 0 Å².